The van der Waals surface area contributed by atoms with Crippen LogP contribution in [0.15, 0.2) is 29.6 Å². The molecule has 0 aliphatic rings. The van der Waals surface area contributed by atoms with Crippen LogP contribution in [0.1, 0.15) is 16.1 Å². The van der Waals surface area contributed by atoms with Crippen LogP contribution >= 0.6 is 22.7 Å². The molecule has 0 fully saturated rings. The highest BCUT2D eigenvalue weighted by atomic mass is 32.1. The Morgan fingerprint density at radius 3 is 2.86 bits per heavy atom. The third kappa shape index (κ3) is 2.92. The lowest BCUT2D eigenvalue weighted by Crippen LogP contribution is -2.22. The Bertz CT molecular complexity index is 841. The zero-order valence-electron chi connectivity index (χ0n) is 11.5. The van der Waals surface area contributed by atoms with E-state index in [1.54, 1.807) is 12.1 Å². The van der Waals surface area contributed by atoms with E-state index in [1.807, 2.05) is 12.3 Å². The minimum atomic E-state index is -1.21. The van der Waals surface area contributed by atoms with Gasteiger partial charge in [-0.25, -0.2) is 9.97 Å². The van der Waals surface area contributed by atoms with Crippen LogP contribution in [0.2, 0.25) is 0 Å². The van der Waals surface area contributed by atoms with Gasteiger partial charge in [-0.15, -0.1) is 11.3 Å². The topological polar surface area (TPSA) is 104 Å². The highest BCUT2D eigenvalue weighted by molar-refractivity contribution is 7.19. The summed E-state index contributed by atoms with van der Waals surface area (Å²) >= 11 is 2.81. The largest absolute Gasteiger partial charge is 0.545 e. The summed E-state index contributed by atoms with van der Waals surface area (Å²) in [7, 11) is 0. The van der Waals surface area contributed by atoms with Gasteiger partial charge in [0, 0.05) is 11.1 Å². The van der Waals surface area contributed by atoms with Crippen LogP contribution in [0.3, 0.4) is 0 Å². The Kier molecular flexibility index (Phi) is 3.78. The SMILES string of the molecule is Cc1nc(N)sc1-c1csc(Nc2cccc(C(=O)[O-])c2)n1. The number of carbonyl (C=O) groups excluding carboxylic acids is 1. The third-order valence-electron chi connectivity index (χ3n) is 2.90. The van der Waals surface area contributed by atoms with Gasteiger partial charge >= 0.3 is 0 Å². The van der Waals surface area contributed by atoms with Crippen molar-refractivity contribution in [3.8, 4) is 10.6 Å². The van der Waals surface area contributed by atoms with Crippen LogP contribution < -0.4 is 16.2 Å². The lowest BCUT2D eigenvalue weighted by molar-refractivity contribution is -0.255. The maximum atomic E-state index is 10.9. The summed E-state index contributed by atoms with van der Waals surface area (Å²) < 4.78 is 0. The predicted octanol–water partition coefficient (Wildman–Crippen LogP) is 2.26. The number of aromatic carboxylic acids is 1. The molecule has 2 aromatic heterocycles. The van der Waals surface area contributed by atoms with Crippen molar-refractivity contribution in [2.75, 3.05) is 11.1 Å². The van der Waals surface area contributed by atoms with Crippen molar-refractivity contribution in [3.05, 3.63) is 40.9 Å². The van der Waals surface area contributed by atoms with E-state index in [2.05, 4.69) is 15.3 Å². The van der Waals surface area contributed by atoms with Crippen LogP contribution in [0, 0.1) is 6.92 Å². The molecule has 6 nitrogen and oxygen atoms in total. The first-order valence-corrected chi connectivity index (χ1v) is 8.00. The molecule has 0 radical (unpaired) electrons. The minimum Gasteiger partial charge on any atom is -0.545 e. The first-order chi connectivity index (χ1) is 10.5. The first-order valence-electron chi connectivity index (χ1n) is 6.30. The predicted molar refractivity (Wildman–Crippen MR) is 86.4 cm³/mol. The van der Waals surface area contributed by atoms with E-state index in [0.717, 1.165) is 16.3 Å². The number of nitrogen functional groups attached to an aromatic ring is 1. The summed E-state index contributed by atoms with van der Waals surface area (Å²) in [6.45, 7) is 1.89. The van der Waals surface area contributed by atoms with Crippen LogP contribution in [0.25, 0.3) is 10.6 Å². The third-order valence-corrected chi connectivity index (χ3v) is 4.67. The molecule has 0 aliphatic carbocycles. The van der Waals surface area contributed by atoms with Crippen molar-refractivity contribution in [3.63, 3.8) is 0 Å². The van der Waals surface area contributed by atoms with E-state index in [4.69, 9.17) is 5.73 Å². The fraction of sp³-hybridized carbons (Fsp3) is 0.0714. The standard InChI is InChI=1S/C14H12N4O2S2/c1-7-11(22-13(15)16-7)10-6-21-14(18-10)17-9-4-2-3-8(5-9)12(19)20/h2-6H,1H3,(H2,15,16)(H,17,18)(H,19,20)/p-1. The molecular formula is C14H11N4O2S2-. The Labute approximate surface area is 134 Å². The van der Waals surface area contributed by atoms with Crippen LogP contribution in [-0.4, -0.2) is 15.9 Å². The number of anilines is 3. The number of rotatable bonds is 4. The molecule has 0 saturated carbocycles. The number of benzene rings is 1. The Morgan fingerprint density at radius 2 is 2.18 bits per heavy atom. The smallest absolute Gasteiger partial charge is 0.187 e. The van der Waals surface area contributed by atoms with Crippen molar-refractivity contribution >= 4 is 44.6 Å². The highest BCUT2D eigenvalue weighted by Crippen LogP contribution is 2.34. The maximum absolute atomic E-state index is 10.9. The van der Waals surface area contributed by atoms with E-state index >= 15 is 0 Å². The molecule has 3 N–H and O–H groups in total. The van der Waals surface area contributed by atoms with Crippen LogP contribution in [0.4, 0.5) is 16.0 Å². The highest BCUT2D eigenvalue weighted by Gasteiger charge is 2.12. The van der Waals surface area contributed by atoms with Gasteiger partial charge in [0.05, 0.1) is 22.2 Å². The van der Waals surface area contributed by atoms with Gasteiger partial charge in [-0.05, 0) is 24.6 Å². The van der Waals surface area contributed by atoms with E-state index in [9.17, 15) is 9.90 Å². The molecule has 0 amide bonds. The lowest BCUT2D eigenvalue weighted by atomic mass is 10.2. The van der Waals surface area contributed by atoms with Crippen LogP contribution in [-0.2, 0) is 0 Å². The Balaban J connectivity index is 1.84. The van der Waals surface area contributed by atoms with Gasteiger partial charge in [0.15, 0.2) is 10.3 Å². The van der Waals surface area contributed by atoms with Gasteiger partial charge in [-0.2, -0.15) is 0 Å². The van der Waals surface area contributed by atoms with Crippen molar-refractivity contribution in [1.29, 1.82) is 0 Å². The molecule has 0 atom stereocenters. The Hall–Kier alpha value is -2.45. The molecule has 3 rings (SSSR count). The van der Waals surface area contributed by atoms with Crippen molar-refractivity contribution in [2.24, 2.45) is 0 Å². The molecule has 0 saturated heterocycles. The number of thiazole rings is 2. The molecule has 2 heterocycles. The summed E-state index contributed by atoms with van der Waals surface area (Å²) in [5, 5.41) is 17.0. The van der Waals surface area contributed by atoms with Crippen molar-refractivity contribution in [1.82, 2.24) is 9.97 Å². The van der Waals surface area contributed by atoms with Crippen LogP contribution in [0.5, 0.6) is 0 Å². The molecule has 0 aliphatic heterocycles. The number of carboxylic acid groups (broad SMARTS) is 1. The molecule has 0 spiro atoms. The molecule has 22 heavy (non-hydrogen) atoms. The van der Waals surface area contributed by atoms with Gasteiger partial charge in [0.1, 0.15) is 0 Å². The zero-order valence-corrected chi connectivity index (χ0v) is 13.1. The van der Waals surface area contributed by atoms with Crippen molar-refractivity contribution in [2.45, 2.75) is 6.92 Å². The van der Waals surface area contributed by atoms with E-state index in [-0.39, 0.29) is 5.56 Å². The first kappa shape index (κ1) is 14.5. The molecular weight excluding hydrogens is 320 g/mol. The second-order valence-corrected chi connectivity index (χ2v) is 6.39. The number of nitrogens with zero attached hydrogens (tertiary/aromatic N) is 2. The van der Waals surface area contributed by atoms with E-state index in [0.29, 0.717) is 16.0 Å². The number of carbonyl (C=O) groups is 1. The summed E-state index contributed by atoms with van der Waals surface area (Å²) in [5.41, 5.74) is 8.10. The number of carboxylic acids is 1. The normalized spacial score (nSPS) is 10.6. The van der Waals surface area contributed by atoms with E-state index < -0.39 is 5.97 Å². The molecule has 3 aromatic rings. The second kappa shape index (κ2) is 5.74. The maximum Gasteiger partial charge on any atom is 0.187 e. The van der Waals surface area contributed by atoms with E-state index in [1.165, 1.54) is 34.8 Å². The average molecular weight is 331 g/mol. The lowest BCUT2D eigenvalue weighted by Gasteiger charge is -2.06. The Morgan fingerprint density at radius 1 is 1.36 bits per heavy atom. The zero-order chi connectivity index (χ0) is 15.7. The van der Waals surface area contributed by atoms with Gasteiger partial charge < -0.3 is 21.0 Å². The van der Waals surface area contributed by atoms with Gasteiger partial charge in [-0.3, -0.25) is 0 Å². The monoisotopic (exact) mass is 331 g/mol. The average Bonchev–Trinajstić information content (AvgIpc) is 3.05. The fourth-order valence-electron chi connectivity index (χ4n) is 1.94. The van der Waals surface area contributed by atoms with Gasteiger partial charge in [0.2, 0.25) is 0 Å². The minimum absolute atomic E-state index is 0.118. The fourth-order valence-corrected chi connectivity index (χ4v) is 3.53. The second-order valence-electron chi connectivity index (χ2n) is 4.50. The molecule has 8 heteroatoms. The summed E-state index contributed by atoms with van der Waals surface area (Å²) in [5.74, 6) is -1.21. The summed E-state index contributed by atoms with van der Waals surface area (Å²) in [6.07, 6.45) is 0. The number of nitrogens with two attached hydrogens (primary N) is 1. The van der Waals surface area contributed by atoms with Gasteiger partial charge in [-0.1, -0.05) is 23.5 Å². The molecule has 112 valence electrons. The quantitative estimate of drug-likeness (QED) is 0.760. The number of nitrogens with one attached hydrogen (secondary N) is 1. The van der Waals surface area contributed by atoms with Gasteiger partial charge in [0.25, 0.3) is 0 Å². The number of aryl methyl sites for hydroxylation is 1. The number of hydrogen-bond donors (Lipinski definition) is 2. The molecule has 1 aromatic carbocycles. The molecule has 0 bridgehead atoms. The number of hydrogen-bond acceptors (Lipinski definition) is 8. The summed E-state index contributed by atoms with van der Waals surface area (Å²) in [6, 6.07) is 6.41. The summed E-state index contributed by atoms with van der Waals surface area (Å²) in [4.78, 5) is 20.5. The number of aromatic nitrogens is 2. The van der Waals surface area contributed by atoms with Crippen molar-refractivity contribution < 1.29 is 9.90 Å². The molecule has 0 unspecified atom stereocenters.